The molecule has 28 heavy (non-hydrogen) atoms. The number of esters is 2. The number of carbonyl (C=O) groups is 2. The van der Waals surface area contributed by atoms with Crippen LogP contribution < -0.4 is 5.01 Å². The van der Waals surface area contributed by atoms with Crippen molar-refractivity contribution in [3.05, 3.63) is 60.7 Å². The van der Waals surface area contributed by atoms with E-state index in [4.69, 9.17) is 9.47 Å². The lowest BCUT2D eigenvalue weighted by Crippen LogP contribution is -2.49. The van der Waals surface area contributed by atoms with Crippen LogP contribution in [0.5, 0.6) is 0 Å². The smallest absolute Gasteiger partial charge is 0.355 e. The minimum atomic E-state index is -4.16. The second-order valence-electron chi connectivity index (χ2n) is 5.90. The fraction of sp³-hybridized carbons (Fsp3) is 0.211. The van der Waals surface area contributed by atoms with Crippen LogP contribution in [0.15, 0.2) is 70.7 Å². The number of hydrogen-bond donors (Lipinski definition) is 0. The molecule has 0 N–H and O–H groups in total. The van der Waals surface area contributed by atoms with Gasteiger partial charge >= 0.3 is 11.9 Å². The van der Waals surface area contributed by atoms with Crippen LogP contribution in [0, 0.1) is 0 Å². The summed E-state index contributed by atoms with van der Waals surface area (Å²) < 4.78 is 36.3. The normalized spacial score (nSPS) is 19.1. The molecule has 2 unspecified atom stereocenters. The third kappa shape index (κ3) is 3.36. The van der Waals surface area contributed by atoms with Crippen molar-refractivity contribution in [1.82, 2.24) is 0 Å². The van der Waals surface area contributed by atoms with Crippen molar-refractivity contribution in [3.8, 4) is 0 Å². The van der Waals surface area contributed by atoms with Crippen LogP contribution in [-0.4, -0.2) is 51.6 Å². The second kappa shape index (κ2) is 7.81. The van der Waals surface area contributed by atoms with E-state index in [1.54, 1.807) is 48.5 Å². The van der Waals surface area contributed by atoms with Crippen LogP contribution in [0.4, 0.5) is 5.69 Å². The molecule has 3 rings (SSSR count). The van der Waals surface area contributed by atoms with E-state index in [0.29, 0.717) is 5.69 Å². The summed E-state index contributed by atoms with van der Waals surface area (Å²) in [4.78, 5) is 24.9. The predicted molar refractivity (Wildman–Crippen MR) is 102 cm³/mol. The standard InChI is InChI=1S/C19H18N2O6S/c1-26-18(22)15-17(28(24,25)14-11-7-4-8-12-14)16(19(23)27-2)21(20-15)13-9-5-3-6-10-13/h3-12,16-17H,1-2H3. The summed E-state index contributed by atoms with van der Waals surface area (Å²) in [6, 6.07) is 14.6. The Morgan fingerprint density at radius 2 is 1.50 bits per heavy atom. The van der Waals surface area contributed by atoms with E-state index >= 15 is 0 Å². The van der Waals surface area contributed by atoms with Crippen molar-refractivity contribution in [2.45, 2.75) is 16.2 Å². The minimum Gasteiger partial charge on any atom is -0.467 e. The van der Waals surface area contributed by atoms with Crippen LogP contribution in [0.25, 0.3) is 0 Å². The summed E-state index contributed by atoms with van der Waals surface area (Å²) in [6.45, 7) is 0. The Kier molecular flexibility index (Phi) is 5.46. The van der Waals surface area contributed by atoms with Gasteiger partial charge in [0, 0.05) is 0 Å². The van der Waals surface area contributed by atoms with Crippen molar-refractivity contribution in [3.63, 3.8) is 0 Å². The van der Waals surface area contributed by atoms with Gasteiger partial charge in [-0.25, -0.2) is 23.0 Å². The highest BCUT2D eigenvalue weighted by molar-refractivity contribution is 7.93. The molecule has 0 amide bonds. The first kappa shape index (κ1) is 19.6. The van der Waals surface area contributed by atoms with E-state index in [9.17, 15) is 18.0 Å². The number of benzene rings is 2. The molecule has 9 heteroatoms. The largest absolute Gasteiger partial charge is 0.467 e. The monoisotopic (exact) mass is 402 g/mol. The van der Waals surface area contributed by atoms with Gasteiger partial charge in [0.15, 0.2) is 26.8 Å². The molecule has 0 fully saturated rings. The van der Waals surface area contributed by atoms with E-state index in [-0.39, 0.29) is 10.6 Å². The Balaban J connectivity index is 2.20. The van der Waals surface area contributed by atoms with Gasteiger partial charge in [0.1, 0.15) is 0 Å². The van der Waals surface area contributed by atoms with Gasteiger partial charge in [-0.1, -0.05) is 36.4 Å². The highest BCUT2D eigenvalue weighted by atomic mass is 32.2. The number of sulfone groups is 1. The first-order valence-corrected chi connectivity index (χ1v) is 9.84. The van der Waals surface area contributed by atoms with Gasteiger partial charge in [0.2, 0.25) is 0 Å². The maximum Gasteiger partial charge on any atom is 0.355 e. The molecule has 0 saturated carbocycles. The molecule has 8 nitrogen and oxygen atoms in total. The third-order valence-electron chi connectivity index (χ3n) is 4.30. The number of methoxy groups -OCH3 is 2. The average Bonchev–Trinajstić information content (AvgIpc) is 3.15. The quantitative estimate of drug-likeness (QED) is 0.697. The number of anilines is 1. The fourth-order valence-corrected chi connectivity index (χ4v) is 4.82. The first-order chi connectivity index (χ1) is 13.4. The molecular weight excluding hydrogens is 384 g/mol. The number of nitrogens with zero attached hydrogens (tertiary/aromatic N) is 2. The molecule has 0 aliphatic carbocycles. The molecule has 1 aliphatic rings. The van der Waals surface area contributed by atoms with Crippen LogP contribution in [0.2, 0.25) is 0 Å². The van der Waals surface area contributed by atoms with Gasteiger partial charge in [-0.05, 0) is 24.3 Å². The Bertz CT molecular complexity index is 1010. The fourth-order valence-electron chi connectivity index (χ4n) is 2.99. The Hall–Kier alpha value is -3.20. The topological polar surface area (TPSA) is 102 Å². The molecule has 0 saturated heterocycles. The van der Waals surface area contributed by atoms with Crippen LogP contribution in [-0.2, 0) is 28.9 Å². The SMILES string of the molecule is COC(=O)C1=NN(c2ccccc2)C(C(=O)OC)C1S(=O)(=O)c1ccccc1. The van der Waals surface area contributed by atoms with E-state index in [1.807, 2.05) is 0 Å². The molecule has 0 aromatic heterocycles. The van der Waals surface area contributed by atoms with E-state index < -0.39 is 33.1 Å². The molecule has 2 atom stereocenters. The number of rotatable bonds is 5. The van der Waals surface area contributed by atoms with Gasteiger partial charge in [-0.2, -0.15) is 5.10 Å². The first-order valence-electron chi connectivity index (χ1n) is 8.29. The summed E-state index contributed by atoms with van der Waals surface area (Å²) in [5.41, 5.74) is 0.0515. The van der Waals surface area contributed by atoms with Crippen LogP contribution in [0.1, 0.15) is 0 Å². The third-order valence-corrected chi connectivity index (χ3v) is 6.38. The molecule has 2 aromatic rings. The summed E-state index contributed by atoms with van der Waals surface area (Å²) >= 11 is 0. The van der Waals surface area contributed by atoms with Crippen LogP contribution >= 0.6 is 0 Å². The molecule has 1 aliphatic heterocycles. The van der Waals surface area contributed by atoms with Crippen molar-refractivity contribution in [1.29, 1.82) is 0 Å². The lowest BCUT2D eigenvalue weighted by Gasteiger charge is -2.25. The zero-order valence-electron chi connectivity index (χ0n) is 15.2. The minimum absolute atomic E-state index is 0.0413. The van der Waals surface area contributed by atoms with E-state index in [2.05, 4.69) is 5.10 Å². The maximum absolute atomic E-state index is 13.3. The van der Waals surface area contributed by atoms with Crippen molar-refractivity contribution in [2.75, 3.05) is 19.2 Å². The molecule has 0 radical (unpaired) electrons. The summed E-state index contributed by atoms with van der Waals surface area (Å²) in [6.07, 6.45) is 0. The molecule has 2 aromatic carbocycles. The number of hydrazone groups is 1. The molecular formula is C19H18N2O6S. The molecule has 1 heterocycles. The van der Waals surface area contributed by atoms with Crippen LogP contribution in [0.3, 0.4) is 0 Å². The Labute approximate surface area is 162 Å². The van der Waals surface area contributed by atoms with Crippen molar-refractivity contribution >= 4 is 33.2 Å². The Morgan fingerprint density at radius 3 is 2.04 bits per heavy atom. The zero-order valence-corrected chi connectivity index (χ0v) is 16.0. The van der Waals surface area contributed by atoms with Crippen molar-refractivity contribution in [2.24, 2.45) is 5.10 Å². The van der Waals surface area contributed by atoms with Crippen molar-refractivity contribution < 1.29 is 27.5 Å². The zero-order chi connectivity index (χ0) is 20.3. The maximum atomic E-state index is 13.3. The van der Waals surface area contributed by atoms with Gasteiger partial charge in [0.05, 0.1) is 24.8 Å². The summed E-state index contributed by atoms with van der Waals surface area (Å²) in [5, 5.41) is 3.74. The number of ether oxygens (including phenoxy) is 2. The Morgan fingerprint density at radius 1 is 0.929 bits per heavy atom. The lowest BCUT2D eigenvalue weighted by molar-refractivity contribution is -0.141. The highest BCUT2D eigenvalue weighted by Gasteiger charge is 2.53. The summed E-state index contributed by atoms with van der Waals surface area (Å²) in [7, 11) is -1.90. The molecule has 0 spiro atoms. The lowest BCUT2D eigenvalue weighted by atomic mass is 10.1. The number of para-hydroxylation sites is 1. The van der Waals surface area contributed by atoms with Gasteiger partial charge in [0.25, 0.3) is 0 Å². The van der Waals surface area contributed by atoms with E-state index in [0.717, 1.165) is 14.2 Å². The molecule has 146 valence electrons. The molecule has 0 bridgehead atoms. The van der Waals surface area contributed by atoms with Gasteiger partial charge in [-0.3, -0.25) is 0 Å². The second-order valence-corrected chi connectivity index (χ2v) is 7.97. The highest BCUT2D eigenvalue weighted by Crippen LogP contribution is 2.32. The summed E-state index contributed by atoms with van der Waals surface area (Å²) in [5.74, 6) is -1.77. The number of hydrogen-bond acceptors (Lipinski definition) is 8. The average molecular weight is 402 g/mol. The number of carbonyl (C=O) groups excluding carboxylic acids is 2. The van der Waals surface area contributed by atoms with E-state index in [1.165, 1.54) is 17.1 Å². The van der Waals surface area contributed by atoms with Gasteiger partial charge < -0.3 is 9.47 Å². The van der Waals surface area contributed by atoms with Gasteiger partial charge in [-0.15, -0.1) is 0 Å². The predicted octanol–water partition coefficient (Wildman–Crippen LogP) is 1.42.